The fourth-order valence-electron chi connectivity index (χ4n) is 1.74. The number of thioether (sulfide) groups is 1. The average Bonchev–Trinajstić information content (AvgIpc) is 2.75. The van der Waals surface area contributed by atoms with Gasteiger partial charge in [-0.2, -0.15) is 5.10 Å². The van der Waals surface area contributed by atoms with Gasteiger partial charge in [-0.1, -0.05) is 12.1 Å². The standard InChI is InChI=1S/C12H13N3O3S/c1-18-8-6-4-3-5-7(8)15-10(13)9(12(16)17)11(14-15)19-2/h3-6H,13H2,1-2H3,(H,16,17). The number of nitrogens with zero attached hydrogens (tertiary/aromatic N) is 2. The van der Waals surface area contributed by atoms with Crippen LogP contribution < -0.4 is 10.5 Å². The van der Waals surface area contributed by atoms with E-state index in [2.05, 4.69) is 5.10 Å². The first-order valence-electron chi connectivity index (χ1n) is 5.39. The molecule has 1 aromatic heterocycles. The Morgan fingerprint density at radius 2 is 2.16 bits per heavy atom. The number of rotatable bonds is 4. The van der Waals surface area contributed by atoms with Crippen molar-refractivity contribution >= 4 is 23.5 Å². The summed E-state index contributed by atoms with van der Waals surface area (Å²) >= 11 is 1.23. The highest BCUT2D eigenvalue weighted by Crippen LogP contribution is 2.30. The van der Waals surface area contributed by atoms with E-state index in [-0.39, 0.29) is 11.4 Å². The molecule has 0 aliphatic heterocycles. The number of carboxylic acids is 1. The number of hydrogen-bond acceptors (Lipinski definition) is 5. The maximum absolute atomic E-state index is 11.2. The predicted molar refractivity (Wildman–Crippen MR) is 73.3 cm³/mol. The number of carbonyl (C=O) groups is 1. The van der Waals surface area contributed by atoms with Crippen molar-refractivity contribution in [2.24, 2.45) is 0 Å². The lowest BCUT2D eigenvalue weighted by Crippen LogP contribution is -2.06. The predicted octanol–water partition coefficient (Wildman–Crippen LogP) is 1.88. The van der Waals surface area contributed by atoms with Crippen LogP contribution in [-0.4, -0.2) is 34.2 Å². The van der Waals surface area contributed by atoms with Gasteiger partial charge in [0.05, 0.1) is 7.11 Å². The first kappa shape index (κ1) is 13.3. The Hall–Kier alpha value is -2.15. The van der Waals surface area contributed by atoms with E-state index < -0.39 is 5.97 Å². The van der Waals surface area contributed by atoms with Crippen LogP contribution in [0.3, 0.4) is 0 Å². The van der Waals surface area contributed by atoms with Crippen LogP contribution >= 0.6 is 11.8 Å². The fraction of sp³-hybridized carbons (Fsp3) is 0.167. The molecule has 0 bridgehead atoms. The molecule has 2 aromatic rings. The quantitative estimate of drug-likeness (QED) is 0.830. The molecule has 0 saturated carbocycles. The number of para-hydroxylation sites is 2. The summed E-state index contributed by atoms with van der Waals surface area (Å²) < 4.78 is 6.61. The molecular weight excluding hydrogens is 266 g/mol. The SMILES string of the molecule is COc1ccccc1-n1nc(SC)c(C(=O)O)c1N. The minimum Gasteiger partial charge on any atom is -0.494 e. The molecule has 1 heterocycles. The summed E-state index contributed by atoms with van der Waals surface area (Å²) in [4.78, 5) is 11.2. The number of nitrogen functional groups attached to an aromatic ring is 1. The van der Waals surface area contributed by atoms with Crippen molar-refractivity contribution in [3.8, 4) is 11.4 Å². The van der Waals surface area contributed by atoms with Crippen LogP contribution in [0.5, 0.6) is 5.75 Å². The molecule has 3 N–H and O–H groups in total. The van der Waals surface area contributed by atoms with E-state index in [4.69, 9.17) is 10.5 Å². The Balaban J connectivity index is 2.67. The van der Waals surface area contributed by atoms with Crippen LogP contribution in [0, 0.1) is 0 Å². The molecule has 19 heavy (non-hydrogen) atoms. The summed E-state index contributed by atoms with van der Waals surface area (Å²) in [6.45, 7) is 0. The number of carboxylic acid groups (broad SMARTS) is 1. The fourth-order valence-corrected chi connectivity index (χ4v) is 2.30. The van der Waals surface area contributed by atoms with E-state index in [0.29, 0.717) is 16.5 Å². The second kappa shape index (κ2) is 5.23. The molecule has 0 spiro atoms. The lowest BCUT2D eigenvalue weighted by molar-refractivity contribution is 0.0694. The minimum atomic E-state index is -1.09. The highest BCUT2D eigenvalue weighted by atomic mass is 32.2. The number of ether oxygens (including phenoxy) is 1. The molecule has 0 aliphatic rings. The first-order chi connectivity index (χ1) is 9.10. The van der Waals surface area contributed by atoms with Crippen LogP contribution in [0.4, 0.5) is 5.82 Å². The Morgan fingerprint density at radius 1 is 1.47 bits per heavy atom. The van der Waals surface area contributed by atoms with Gasteiger partial charge in [0.1, 0.15) is 27.8 Å². The monoisotopic (exact) mass is 279 g/mol. The molecule has 100 valence electrons. The van der Waals surface area contributed by atoms with Crippen LogP contribution in [0.25, 0.3) is 5.69 Å². The molecule has 0 unspecified atom stereocenters. The maximum atomic E-state index is 11.2. The number of nitrogens with two attached hydrogens (primary N) is 1. The molecule has 1 aromatic carbocycles. The molecule has 7 heteroatoms. The Morgan fingerprint density at radius 3 is 2.68 bits per heavy atom. The third-order valence-corrected chi connectivity index (χ3v) is 3.28. The molecule has 0 fully saturated rings. The summed E-state index contributed by atoms with van der Waals surface area (Å²) in [6, 6.07) is 7.14. The van der Waals surface area contributed by atoms with Gasteiger partial charge in [-0.25, -0.2) is 9.48 Å². The lowest BCUT2D eigenvalue weighted by Gasteiger charge is -2.09. The van der Waals surface area contributed by atoms with Gasteiger partial charge in [0, 0.05) is 0 Å². The second-order valence-electron chi connectivity index (χ2n) is 3.66. The van der Waals surface area contributed by atoms with E-state index in [1.54, 1.807) is 24.5 Å². The van der Waals surface area contributed by atoms with Crippen molar-refractivity contribution in [1.82, 2.24) is 9.78 Å². The highest BCUT2D eigenvalue weighted by molar-refractivity contribution is 7.98. The number of aromatic nitrogens is 2. The molecule has 0 atom stereocenters. The number of hydrogen-bond donors (Lipinski definition) is 2. The van der Waals surface area contributed by atoms with Crippen molar-refractivity contribution in [1.29, 1.82) is 0 Å². The second-order valence-corrected chi connectivity index (χ2v) is 4.45. The number of methoxy groups -OCH3 is 1. The van der Waals surface area contributed by atoms with E-state index in [9.17, 15) is 9.90 Å². The maximum Gasteiger partial charge on any atom is 0.342 e. The summed E-state index contributed by atoms with van der Waals surface area (Å²) in [5.41, 5.74) is 6.50. The molecule has 0 amide bonds. The Kier molecular flexibility index (Phi) is 3.66. The van der Waals surface area contributed by atoms with Gasteiger partial charge in [-0.05, 0) is 18.4 Å². The summed E-state index contributed by atoms with van der Waals surface area (Å²) in [6.07, 6.45) is 1.75. The van der Waals surface area contributed by atoms with Crippen LogP contribution in [0.15, 0.2) is 29.3 Å². The van der Waals surface area contributed by atoms with E-state index in [0.717, 1.165) is 0 Å². The lowest BCUT2D eigenvalue weighted by atomic mass is 10.3. The van der Waals surface area contributed by atoms with Gasteiger partial charge in [0.15, 0.2) is 0 Å². The summed E-state index contributed by atoms with van der Waals surface area (Å²) in [5, 5.41) is 13.8. The van der Waals surface area contributed by atoms with E-state index >= 15 is 0 Å². The zero-order valence-electron chi connectivity index (χ0n) is 10.5. The highest BCUT2D eigenvalue weighted by Gasteiger charge is 2.22. The van der Waals surface area contributed by atoms with Crippen molar-refractivity contribution < 1.29 is 14.6 Å². The topological polar surface area (TPSA) is 90.4 Å². The van der Waals surface area contributed by atoms with Gasteiger partial charge in [-0.15, -0.1) is 11.8 Å². The van der Waals surface area contributed by atoms with Crippen LogP contribution in [0.1, 0.15) is 10.4 Å². The third kappa shape index (κ3) is 2.24. The van der Waals surface area contributed by atoms with Crippen molar-refractivity contribution in [3.63, 3.8) is 0 Å². The first-order valence-corrected chi connectivity index (χ1v) is 6.61. The third-order valence-electron chi connectivity index (χ3n) is 2.61. The normalized spacial score (nSPS) is 10.4. The van der Waals surface area contributed by atoms with Gasteiger partial charge in [0.2, 0.25) is 0 Å². The molecule has 0 radical (unpaired) electrons. The van der Waals surface area contributed by atoms with Crippen molar-refractivity contribution in [2.45, 2.75) is 5.03 Å². The Bertz CT molecular complexity index is 625. The number of benzene rings is 1. The zero-order valence-corrected chi connectivity index (χ0v) is 11.3. The largest absolute Gasteiger partial charge is 0.494 e. The van der Waals surface area contributed by atoms with Gasteiger partial charge >= 0.3 is 5.97 Å². The number of aromatic carboxylic acids is 1. The van der Waals surface area contributed by atoms with Gasteiger partial charge in [0.25, 0.3) is 0 Å². The van der Waals surface area contributed by atoms with E-state index in [1.165, 1.54) is 23.6 Å². The molecule has 2 rings (SSSR count). The molecule has 0 aliphatic carbocycles. The van der Waals surface area contributed by atoms with Crippen molar-refractivity contribution in [2.75, 3.05) is 19.1 Å². The van der Waals surface area contributed by atoms with Gasteiger partial charge in [-0.3, -0.25) is 0 Å². The molecule has 6 nitrogen and oxygen atoms in total. The Labute approximate surface area is 114 Å². The van der Waals surface area contributed by atoms with Crippen LogP contribution in [-0.2, 0) is 0 Å². The summed E-state index contributed by atoms with van der Waals surface area (Å²) in [7, 11) is 1.53. The summed E-state index contributed by atoms with van der Waals surface area (Å²) in [5.74, 6) is -0.439. The molecule has 0 saturated heterocycles. The minimum absolute atomic E-state index is 0.0124. The smallest absolute Gasteiger partial charge is 0.342 e. The zero-order chi connectivity index (χ0) is 14.0. The van der Waals surface area contributed by atoms with E-state index in [1.807, 2.05) is 6.07 Å². The molecular formula is C12H13N3O3S. The van der Waals surface area contributed by atoms with Crippen molar-refractivity contribution in [3.05, 3.63) is 29.8 Å². The van der Waals surface area contributed by atoms with Gasteiger partial charge < -0.3 is 15.6 Å². The van der Waals surface area contributed by atoms with Crippen LogP contribution in [0.2, 0.25) is 0 Å². The number of anilines is 1. The average molecular weight is 279 g/mol.